The van der Waals surface area contributed by atoms with Crippen LogP contribution >= 0.6 is 0 Å². The Labute approximate surface area is 278 Å². The minimum atomic E-state index is -3.55. The summed E-state index contributed by atoms with van der Waals surface area (Å²) in [5.41, 5.74) is 2.31. The van der Waals surface area contributed by atoms with Crippen LogP contribution in [-0.2, 0) is 16.6 Å². The maximum atomic E-state index is 13.0. The fourth-order valence-corrected chi connectivity index (χ4v) is 8.21. The number of benzene rings is 4. The topological polar surface area (TPSA) is 99.2 Å². The van der Waals surface area contributed by atoms with Gasteiger partial charge in [-0.25, -0.2) is 18.1 Å². The van der Waals surface area contributed by atoms with Gasteiger partial charge in [-0.2, -0.15) is 4.98 Å². The molecule has 2 heterocycles. The zero-order valence-electron chi connectivity index (χ0n) is 26.8. The molecule has 0 amide bonds. The lowest BCUT2D eigenvalue weighted by molar-refractivity contribution is 0.211. The molecule has 1 saturated carbocycles. The van der Waals surface area contributed by atoms with E-state index in [-0.39, 0.29) is 0 Å². The van der Waals surface area contributed by atoms with Gasteiger partial charge in [0.05, 0.1) is 10.4 Å². The second-order valence-electron chi connectivity index (χ2n) is 13.2. The van der Waals surface area contributed by atoms with Crippen molar-refractivity contribution in [3.63, 3.8) is 0 Å². The van der Waals surface area contributed by atoms with Crippen molar-refractivity contribution in [2.45, 2.75) is 56.0 Å². The number of nitrogens with one attached hydrogen (secondary N) is 3. The average molecular weight is 649 g/mol. The van der Waals surface area contributed by atoms with Crippen LogP contribution in [0.2, 0.25) is 0 Å². The highest BCUT2D eigenvalue weighted by Crippen LogP contribution is 2.30. The molecule has 1 saturated heterocycles. The van der Waals surface area contributed by atoms with E-state index in [2.05, 4.69) is 62.7 Å². The lowest BCUT2D eigenvalue weighted by Gasteiger charge is -2.33. The molecule has 4 aromatic carbocycles. The van der Waals surface area contributed by atoms with Gasteiger partial charge in [0.25, 0.3) is 0 Å². The van der Waals surface area contributed by atoms with Gasteiger partial charge in [0.15, 0.2) is 0 Å². The number of aromatic nitrogens is 2. The number of hydrogen-bond donors (Lipinski definition) is 3. The summed E-state index contributed by atoms with van der Waals surface area (Å²) >= 11 is 0. The molecule has 1 aromatic heterocycles. The number of piperidine rings is 1. The van der Waals surface area contributed by atoms with Gasteiger partial charge in [0.2, 0.25) is 16.0 Å². The molecule has 8 nitrogen and oxygen atoms in total. The van der Waals surface area contributed by atoms with E-state index < -0.39 is 10.0 Å². The van der Waals surface area contributed by atoms with E-state index in [1.165, 1.54) is 5.56 Å². The van der Waals surface area contributed by atoms with Gasteiger partial charge in [0.1, 0.15) is 5.82 Å². The van der Waals surface area contributed by atoms with E-state index >= 15 is 0 Å². The Balaban J connectivity index is 0.902. The second kappa shape index (κ2) is 14.4. The van der Waals surface area contributed by atoms with Crippen LogP contribution in [0.3, 0.4) is 0 Å². The molecule has 5 aromatic rings. The van der Waals surface area contributed by atoms with Crippen LogP contribution < -0.4 is 15.4 Å². The molecule has 3 N–H and O–H groups in total. The van der Waals surface area contributed by atoms with E-state index in [4.69, 9.17) is 9.97 Å². The summed E-state index contributed by atoms with van der Waals surface area (Å²) in [6.07, 6.45) is 6.26. The number of para-hydroxylation sites is 1. The number of likely N-dealkylation sites (tertiary alicyclic amines) is 1. The molecule has 244 valence electrons. The number of sulfonamides is 1. The number of anilines is 2. The smallest absolute Gasteiger partial charge is 0.240 e. The average Bonchev–Trinajstić information content (AvgIpc) is 3.11. The van der Waals surface area contributed by atoms with E-state index in [1.54, 1.807) is 12.1 Å². The number of fused-ring (bicyclic) bond motifs is 2. The zero-order chi connectivity index (χ0) is 32.1. The summed E-state index contributed by atoms with van der Waals surface area (Å²) in [5, 5.41) is 10.3. The molecule has 0 bridgehead atoms. The molecule has 1 aliphatic carbocycles. The van der Waals surface area contributed by atoms with E-state index in [0.717, 1.165) is 92.2 Å². The van der Waals surface area contributed by atoms with Crippen molar-refractivity contribution in [1.29, 1.82) is 0 Å². The van der Waals surface area contributed by atoms with Gasteiger partial charge in [-0.3, -0.25) is 4.90 Å². The zero-order valence-corrected chi connectivity index (χ0v) is 27.6. The molecule has 0 atom stereocenters. The number of rotatable bonds is 11. The highest BCUT2D eigenvalue weighted by Gasteiger charge is 2.25. The third-order valence-corrected chi connectivity index (χ3v) is 11.3. The second-order valence-corrected chi connectivity index (χ2v) is 15.0. The predicted molar refractivity (Wildman–Crippen MR) is 191 cm³/mol. The van der Waals surface area contributed by atoms with E-state index in [1.807, 2.05) is 42.5 Å². The van der Waals surface area contributed by atoms with Crippen LogP contribution in [0.1, 0.15) is 44.1 Å². The maximum absolute atomic E-state index is 13.0. The monoisotopic (exact) mass is 648 g/mol. The minimum Gasteiger partial charge on any atom is -0.367 e. The van der Waals surface area contributed by atoms with Gasteiger partial charge in [-0.15, -0.1) is 0 Å². The molecule has 7 rings (SSSR count). The summed E-state index contributed by atoms with van der Waals surface area (Å²) in [5.74, 6) is 2.41. The summed E-state index contributed by atoms with van der Waals surface area (Å²) in [6, 6.07) is 32.5. The summed E-state index contributed by atoms with van der Waals surface area (Å²) in [6.45, 7) is 4.41. The Morgan fingerprint density at radius 1 is 0.702 bits per heavy atom. The number of nitrogens with zero attached hydrogens (tertiary/aromatic N) is 3. The van der Waals surface area contributed by atoms with Gasteiger partial charge in [0, 0.05) is 44.2 Å². The number of hydrogen-bond acceptors (Lipinski definition) is 7. The molecule has 1 aliphatic heterocycles. The summed E-state index contributed by atoms with van der Waals surface area (Å²) < 4.78 is 28.9. The third-order valence-electron chi connectivity index (χ3n) is 9.89. The van der Waals surface area contributed by atoms with Gasteiger partial charge < -0.3 is 10.6 Å². The fourth-order valence-electron chi connectivity index (χ4n) is 7.06. The van der Waals surface area contributed by atoms with Crippen LogP contribution in [0.15, 0.2) is 102 Å². The van der Waals surface area contributed by atoms with Crippen molar-refractivity contribution in [3.05, 3.63) is 103 Å². The summed E-state index contributed by atoms with van der Waals surface area (Å²) in [7, 11) is -3.55. The molecule has 2 fully saturated rings. The van der Waals surface area contributed by atoms with Crippen LogP contribution in [-0.4, -0.2) is 55.5 Å². The van der Waals surface area contributed by atoms with Gasteiger partial charge in [-0.1, -0.05) is 72.8 Å². The van der Waals surface area contributed by atoms with Crippen LogP contribution in [0.4, 0.5) is 11.8 Å². The SMILES string of the molecule is O=S(=O)(NC[C@H]1CC[C@H](CNc2nc(NC3CCN(Cc4ccccc4)CC3)c3ccccc3n2)CC1)c1ccc2ccccc2c1. The van der Waals surface area contributed by atoms with Crippen LogP contribution in [0, 0.1) is 11.8 Å². The van der Waals surface area contributed by atoms with Crippen LogP contribution in [0.5, 0.6) is 0 Å². The normalized spacial score (nSPS) is 19.6. The Hall–Kier alpha value is -4.05. The van der Waals surface area contributed by atoms with E-state index in [9.17, 15) is 8.42 Å². The van der Waals surface area contributed by atoms with Crippen molar-refractivity contribution in [2.24, 2.45) is 11.8 Å². The standard InChI is InChI=1S/C38H44N6O2S/c45-47(46,34-19-18-31-10-4-5-11-32(31)24-34)40-26-29-16-14-28(15-17-29)25-39-38-42-36-13-7-6-12-35(36)37(43-38)41-33-20-22-44(23-21-33)27-30-8-2-1-3-9-30/h1-13,18-19,24,28-29,33,40H,14-17,20-23,25-27H2,(H2,39,41,42,43)/t28-,29-. The largest absolute Gasteiger partial charge is 0.367 e. The van der Waals surface area contributed by atoms with Crippen LogP contribution in [0.25, 0.3) is 21.7 Å². The summed E-state index contributed by atoms with van der Waals surface area (Å²) in [4.78, 5) is 12.7. The van der Waals surface area contributed by atoms with Crippen molar-refractivity contribution in [3.8, 4) is 0 Å². The molecule has 0 radical (unpaired) electrons. The Morgan fingerprint density at radius 3 is 2.17 bits per heavy atom. The molecule has 0 unspecified atom stereocenters. The Bertz CT molecular complexity index is 1900. The Morgan fingerprint density at radius 2 is 1.38 bits per heavy atom. The van der Waals surface area contributed by atoms with Gasteiger partial charge in [-0.05, 0) is 91.0 Å². The maximum Gasteiger partial charge on any atom is 0.240 e. The Kier molecular flexibility index (Phi) is 9.65. The molecular formula is C38H44N6O2S. The minimum absolute atomic E-state index is 0.326. The van der Waals surface area contributed by atoms with Gasteiger partial charge >= 0.3 is 0 Å². The molecule has 2 aliphatic rings. The van der Waals surface area contributed by atoms with Crippen molar-refractivity contribution in [2.75, 3.05) is 36.8 Å². The highest BCUT2D eigenvalue weighted by molar-refractivity contribution is 7.89. The lowest BCUT2D eigenvalue weighted by Crippen LogP contribution is -2.38. The predicted octanol–water partition coefficient (Wildman–Crippen LogP) is 7.06. The first-order valence-electron chi connectivity index (χ1n) is 17.0. The van der Waals surface area contributed by atoms with Crippen molar-refractivity contribution < 1.29 is 8.42 Å². The first-order chi connectivity index (χ1) is 23.0. The first kappa shape index (κ1) is 31.5. The quantitative estimate of drug-likeness (QED) is 0.141. The van der Waals surface area contributed by atoms with Crippen molar-refractivity contribution in [1.82, 2.24) is 19.6 Å². The molecule has 9 heteroatoms. The fraction of sp³-hybridized carbons (Fsp3) is 0.368. The first-order valence-corrected chi connectivity index (χ1v) is 18.5. The highest BCUT2D eigenvalue weighted by atomic mass is 32.2. The van der Waals surface area contributed by atoms with E-state index in [0.29, 0.717) is 35.3 Å². The molecular weight excluding hydrogens is 605 g/mol. The molecule has 47 heavy (non-hydrogen) atoms. The van der Waals surface area contributed by atoms with Crippen molar-refractivity contribution >= 4 is 43.5 Å². The lowest BCUT2D eigenvalue weighted by atomic mass is 9.82. The third kappa shape index (κ3) is 7.92. The molecule has 0 spiro atoms.